The Hall–Kier alpha value is -1.56. The van der Waals surface area contributed by atoms with Gasteiger partial charge in [-0.2, -0.15) is 0 Å². The molecule has 1 saturated carbocycles. The standard InChI is InChI=1S/C14H19NO4S/c1-19-14-8-7-13(9-11(14)10-16)15(20(2,17)18)12-5-3-4-6-12/h7-10,12H,3-6H2,1-2H3. The molecule has 0 heterocycles. The molecule has 20 heavy (non-hydrogen) atoms. The lowest BCUT2D eigenvalue weighted by Gasteiger charge is -2.29. The number of hydrogen-bond donors (Lipinski definition) is 0. The number of ether oxygens (including phenoxy) is 1. The lowest BCUT2D eigenvalue weighted by Crippen LogP contribution is -2.38. The van der Waals surface area contributed by atoms with Crippen LogP contribution in [0.3, 0.4) is 0 Å². The van der Waals surface area contributed by atoms with Gasteiger partial charge in [0.15, 0.2) is 6.29 Å². The van der Waals surface area contributed by atoms with Crippen LogP contribution in [0, 0.1) is 0 Å². The van der Waals surface area contributed by atoms with Gasteiger partial charge in [0.2, 0.25) is 10.0 Å². The maximum absolute atomic E-state index is 12.1. The maximum atomic E-state index is 12.1. The Morgan fingerprint density at radius 1 is 1.30 bits per heavy atom. The summed E-state index contributed by atoms with van der Waals surface area (Å²) in [5, 5.41) is 0. The minimum Gasteiger partial charge on any atom is -0.496 e. The highest BCUT2D eigenvalue weighted by molar-refractivity contribution is 7.92. The van der Waals surface area contributed by atoms with Gasteiger partial charge < -0.3 is 4.74 Å². The van der Waals surface area contributed by atoms with Gasteiger partial charge in [0.05, 0.1) is 24.6 Å². The van der Waals surface area contributed by atoms with E-state index >= 15 is 0 Å². The third-order valence-electron chi connectivity index (χ3n) is 3.61. The van der Waals surface area contributed by atoms with Crippen LogP contribution in [0.15, 0.2) is 18.2 Å². The second-order valence-electron chi connectivity index (χ2n) is 5.04. The number of sulfonamides is 1. The number of nitrogens with zero attached hydrogens (tertiary/aromatic N) is 1. The molecule has 0 spiro atoms. The average molecular weight is 297 g/mol. The molecule has 1 aromatic rings. The van der Waals surface area contributed by atoms with Gasteiger partial charge in [-0.1, -0.05) is 12.8 Å². The first-order valence-electron chi connectivity index (χ1n) is 6.60. The molecule has 110 valence electrons. The summed E-state index contributed by atoms with van der Waals surface area (Å²) in [5.74, 6) is 0.448. The van der Waals surface area contributed by atoms with E-state index in [1.54, 1.807) is 18.2 Å². The summed E-state index contributed by atoms with van der Waals surface area (Å²) in [7, 11) is -1.89. The predicted molar refractivity (Wildman–Crippen MR) is 78.0 cm³/mol. The van der Waals surface area contributed by atoms with Crippen molar-refractivity contribution < 1.29 is 17.9 Å². The molecule has 0 saturated heterocycles. The van der Waals surface area contributed by atoms with Gasteiger partial charge in [0.25, 0.3) is 0 Å². The monoisotopic (exact) mass is 297 g/mol. The normalized spacial score (nSPS) is 16.1. The summed E-state index contributed by atoms with van der Waals surface area (Å²) in [6, 6.07) is 4.88. The fourth-order valence-corrected chi connectivity index (χ4v) is 4.01. The largest absolute Gasteiger partial charge is 0.496 e. The molecule has 6 heteroatoms. The van der Waals surface area contributed by atoms with Gasteiger partial charge in [-0.3, -0.25) is 9.10 Å². The molecule has 2 rings (SSSR count). The van der Waals surface area contributed by atoms with E-state index in [9.17, 15) is 13.2 Å². The molecular formula is C14H19NO4S. The van der Waals surface area contributed by atoms with Crippen LogP contribution in [-0.2, 0) is 10.0 Å². The van der Waals surface area contributed by atoms with Gasteiger partial charge in [-0.25, -0.2) is 8.42 Å². The van der Waals surface area contributed by atoms with E-state index in [0.29, 0.717) is 23.3 Å². The SMILES string of the molecule is COc1ccc(N(C2CCCC2)S(C)(=O)=O)cc1C=O. The van der Waals surface area contributed by atoms with Crippen molar-refractivity contribution in [3.05, 3.63) is 23.8 Å². The van der Waals surface area contributed by atoms with Crippen LogP contribution in [0.25, 0.3) is 0 Å². The first-order chi connectivity index (χ1) is 9.47. The number of carbonyl (C=O) groups excluding carboxylic acids is 1. The van der Waals surface area contributed by atoms with Gasteiger partial charge in [-0.05, 0) is 31.0 Å². The Morgan fingerprint density at radius 2 is 1.95 bits per heavy atom. The fraction of sp³-hybridized carbons (Fsp3) is 0.500. The van der Waals surface area contributed by atoms with Crippen molar-refractivity contribution in [1.29, 1.82) is 0 Å². The molecular weight excluding hydrogens is 278 g/mol. The van der Waals surface area contributed by atoms with E-state index in [1.807, 2.05) is 0 Å². The molecule has 0 amide bonds. The summed E-state index contributed by atoms with van der Waals surface area (Å²) in [6.45, 7) is 0. The van der Waals surface area contributed by atoms with Crippen LogP contribution in [0.5, 0.6) is 5.75 Å². The van der Waals surface area contributed by atoms with E-state index in [-0.39, 0.29) is 6.04 Å². The van der Waals surface area contributed by atoms with Crippen LogP contribution in [0.2, 0.25) is 0 Å². The Kier molecular flexibility index (Phi) is 4.32. The maximum Gasteiger partial charge on any atom is 0.232 e. The molecule has 5 nitrogen and oxygen atoms in total. The molecule has 0 atom stereocenters. The number of methoxy groups -OCH3 is 1. The van der Waals surface area contributed by atoms with Crippen molar-refractivity contribution in [2.45, 2.75) is 31.7 Å². The fourth-order valence-electron chi connectivity index (χ4n) is 2.76. The second-order valence-corrected chi connectivity index (χ2v) is 6.90. The van der Waals surface area contributed by atoms with Crippen LogP contribution in [0.1, 0.15) is 36.0 Å². The van der Waals surface area contributed by atoms with E-state index in [4.69, 9.17) is 4.74 Å². The number of carbonyl (C=O) groups is 1. The number of aldehydes is 1. The molecule has 1 aliphatic rings. The molecule has 1 aliphatic carbocycles. The van der Waals surface area contributed by atoms with Crippen LogP contribution < -0.4 is 9.04 Å². The van der Waals surface area contributed by atoms with E-state index in [0.717, 1.165) is 25.7 Å². The van der Waals surface area contributed by atoms with Crippen molar-refractivity contribution in [2.75, 3.05) is 17.7 Å². The van der Waals surface area contributed by atoms with Crippen LogP contribution in [0.4, 0.5) is 5.69 Å². The third-order valence-corrected chi connectivity index (χ3v) is 4.83. The Labute approximate surface area is 119 Å². The van der Waals surface area contributed by atoms with E-state index in [1.165, 1.54) is 17.7 Å². The van der Waals surface area contributed by atoms with E-state index in [2.05, 4.69) is 0 Å². The highest BCUT2D eigenvalue weighted by Gasteiger charge is 2.29. The van der Waals surface area contributed by atoms with Crippen molar-refractivity contribution in [2.24, 2.45) is 0 Å². The summed E-state index contributed by atoms with van der Waals surface area (Å²) >= 11 is 0. The summed E-state index contributed by atoms with van der Waals surface area (Å²) in [5.41, 5.74) is 0.888. The molecule has 0 radical (unpaired) electrons. The average Bonchev–Trinajstić information content (AvgIpc) is 2.90. The quantitative estimate of drug-likeness (QED) is 0.782. The summed E-state index contributed by atoms with van der Waals surface area (Å²) in [4.78, 5) is 11.1. The van der Waals surface area contributed by atoms with Crippen LogP contribution >= 0.6 is 0 Å². The highest BCUT2D eigenvalue weighted by atomic mass is 32.2. The number of rotatable bonds is 5. The Morgan fingerprint density at radius 3 is 2.45 bits per heavy atom. The predicted octanol–water partition coefficient (Wildman–Crippen LogP) is 2.22. The topological polar surface area (TPSA) is 63.7 Å². The lowest BCUT2D eigenvalue weighted by molar-refractivity contribution is 0.112. The summed E-state index contributed by atoms with van der Waals surface area (Å²) < 4.78 is 30.7. The first-order valence-corrected chi connectivity index (χ1v) is 8.45. The number of hydrogen-bond acceptors (Lipinski definition) is 4. The molecule has 1 fully saturated rings. The Bertz CT molecular complexity index is 591. The first kappa shape index (κ1) is 14.8. The minimum atomic E-state index is -3.37. The minimum absolute atomic E-state index is 0.0158. The van der Waals surface area contributed by atoms with Crippen molar-refractivity contribution >= 4 is 22.0 Å². The third kappa shape index (κ3) is 2.95. The second kappa shape index (κ2) is 5.83. The van der Waals surface area contributed by atoms with Gasteiger partial charge >= 0.3 is 0 Å². The van der Waals surface area contributed by atoms with Crippen molar-refractivity contribution in [3.63, 3.8) is 0 Å². The molecule has 1 aromatic carbocycles. The molecule has 0 aromatic heterocycles. The van der Waals surface area contributed by atoms with Crippen LogP contribution in [-0.4, -0.2) is 34.1 Å². The number of benzene rings is 1. The Balaban J connectivity index is 2.46. The molecule has 0 bridgehead atoms. The zero-order chi connectivity index (χ0) is 14.8. The number of anilines is 1. The zero-order valence-electron chi connectivity index (χ0n) is 11.7. The zero-order valence-corrected chi connectivity index (χ0v) is 12.5. The highest BCUT2D eigenvalue weighted by Crippen LogP contribution is 2.32. The molecule has 0 unspecified atom stereocenters. The summed E-state index contributed by atoms with van der Waals surface area (Å²) in [6.07, 6.45) is 5.67. The lowest BCUT2D eigenvalue weighted by atomic mass is 10.1. The van der Waals surface area contributed by atoms with E-state index < -0.39 is 10.0 Å². The van der Waals surface area contributed by atoms with Gasteiger partial charge in [0, 0.05) is 6.04 Å². The van der Waals surface area contributed by atoms with Gasteiger partial charge in [-0.15, -0.1) is 0 Å². The molecule has 0 aliphatic heterocycles. The van der Waals surface area contributed by atoms with Crippen molar-refractivity contribution in [1.82, 2.24) is 0 Å². The smallest absolute Gasteiger partial charge is 0.232 e. The molecule has 0 N–H and O–H groups in total. The van der Waals surface area contributed by atoms with Gasteiger partial charge in [0.1, 0.15) is 5.75 Å². The van der Waals surface area contributed by atoms with Crippen molar-refractivity contribution in [3.8, 4) is 5.75 Å².